The minimum Gasteiger partial charge on any atom is -0.350 e. The average Bonchev–Trinajstić information content (AvgIpc) is 3.61. The van der Waals surface area contributed by atoms with Gasteiger partial charge in [0.15, 0.2) is 0 Å². The van der Waals surface area contributed by atoms with Crippen LogP contribution in [0.15, 0.2) is 120 Å². The van der Waals surface area contributed by atoms with Gasteiger partial charge in [-0.2, -0.15) is 4.31 Å². The lowest BCUT2D eigenvalue weighted by Gasteiger charge is -2.32. The molecule has 222 valence electrons. The Kier molecular flexibility index (Phi) is 10.0. The Balaban J connectivity index is 1.36. The molecule has 2 amide bonds. The number of nitrogens with one attached hydrogen (secondary N) is 1. The minimum atomic E-state index is -3.50. The van der Waals surface area contributed by atoms with E-state index in [1.165, 1.54) is 4.31 Å². The van der Waals surface area contributed by atoms with Crippen molar-refractivity contribution in [2.75, 3.05) is 13.1 Å². The molecule has 0 radical (unpaired) electrons. The number of carbonyl (C=O) groups is 2. The molecule has 1 saturated heterocycles. The molecule has 0 unspecified atom stereocenters. The number of rotatable bonds is 12. The smallest absolute Gasteiger partial charge is 0.247 e. The van der Waals surface area contributed by atoms with E-state index in [2.05, 4.69) is 5.32 Å². The normalized spacial score (nSPS) is 14.2. The minimum absolute atomic E-state index is 0.165. The molecule has 1 atom stereocenters. The predicted molar refractivity (Wildman–Crippen MR) is 167 cm³/mol. The fraction of sp³-hybridized carbons (Fsp3) is 0.257. The van der Waals surface area contributed by atoms with Crippen LogP contribution in [0.5, 0.6) is 0 Å². The van der Waals surface area contributed by atoms with Crippen LogP contribution in [0.4, 0.5) is 0 Å². The highest BCUT2D eigenvalue weighted by molar-refractivity contribution is 7.89. The highest BCUT2D eigenvalue weighted by Gasteiger charge is 2.31. The summed E-state index contributed by atoms with van der Waals surface area (Å²) in [7, 11) is -3.50. The zero-order valence-electron chi connectivity index (χ0n) is 24.1. The molecule has 4 aromatic rings. The fourth-order valence-corrected chi connectivity index (χ4v) is 6.91. The topological polar surface area (TPSA) is 86.8 Å². The van der Waals surface area contributed by atoms with Gasteiger partial charge < -0.3 is 10.2 Å². The molecule has 0 spiro atoms. The molecular weight excluding hydrogens is 558 g/mol. The number of aryl methyl sites for hydroxylation is 1. The van der Waals surface area contributed by atoms with E-state index in [9.17, 15) is 18.0 Å². The standard InChI is InChI=1S/C35H37N3O4S/c39-33(23-20-28-18-21-32(22-19-28)43(41,42)37-24-10-11-25-37)38(27-30-14-6-2-7-15-30)34(31-16-8-3-9-17-31)35(40)36-26-29-12-4-1-5-13-29/h1-9,12-19,21-22,34H,10-11,20,23-27H2,(H,36,40)/t34-/m1/s1. The molecule has 0 saturated carbocycles. The van der Waals surface area contributed by atoms with E-state index in [0.717, 1.165) is 35.1 Å². The van der Waals surface area contributed by atoms with Crippen LogP contribution in [0.2, 0.25) is 0 Å². The first kappa shape index (κ1) is 30.2. The van der Waals surface area contributed by atoms with Gasteiger partial charge in [-0.3, -0.25) is 9.59 Å². The van der Waals surface area contributed by atoms with Crippen LogP contribution in [0.3, 0.4) is 0 Å². The van der Waals surface area contributed by atoms with Gasteiger partial charge in [-0.15, -0.1) is 0 Å². The summed E-state index contributed by atoms with van der Waals surface area (Å²) in [5.41, 5.74) is 3.48. The summed E-state index contributed by atoms with van der Waals surface area (Å²) in [5.74, 6) is -0.419. The van der Waals surface area contributed by atoms with Crippen molar-refractivity contribution in [3.63, 3.8) is 0 Å². The summed E-state index contributed by atoms with van der Waals surface area (Å²) in [6, 6.07) is 34.7. The van der Waals surface area contributed by atoms with E-state index in [-0.39, 0.29) is 29.7 Å². The maximum absolute atomic E-state index is 14.0. The molecule has 43 heavy (non-hydrogen) atoms. The van der Waals surface area contributed by atoms with Crippen molar-refractivity contribution in [2.24, 2.45) is 0 Å². The maximum atomic E-state index is 14.0. The molecule has 1 heterocycles. The Morgan fingerprint density at radius 2 is 1.28 bits per heavy atom. The first-order valence-electron chi connectivity index (χ1n) is 14.7. The van der Waals surface area contributed by atoms with Gasteiger partial charge in [0.05, 0.1) is 4.90 Å². The van der Waals surface area contributed by atoms with E-state index in [4.69, 9.17) is 0 Å². The molecule has 1 fully saturated rings. The number of hydrogen-bond donors (Lipinski definition) is 1. The molecule has 0 bridgehead atoms. The van der Waals surface area contributed by atoms with Gasteiger partial charge in [0.1, 0.15) is 6.04 Å². The lowest BCUT2D eigenvalue weighted by molar-refractivity contribution is -0.141. The summed E-state index contributed by atoms with van der Waals surface area (Å²) in [6.45, 7) is 1.72. The molecule has 1 aliphatic heterocycles. The van der Waals surface area contributed by atoms with Crippen molar-refractivity contribution in [3.05, 3.63) is 138 Å². The van der Waals surface area contributed by atoms with Crippen LogP contribution >= 0.6 is 0 Å². The number of nitrogens with zero attached hydrogens (tertiary/aromatic N) is 2. The second-order valence-electron chi connectivity index (χ2n) is 10.8. The Hall–Kier alpha value is -4.27. The zero-order chi connectivity index (χ0) is 30.1. The van der Waals surface area contributed by atoms with E-state index < -0.39 is 16.1 Å². The number of sulfonamides is 1. The van der Waals surface area contributed by atoms with Crippen LogP contribution in [0, 0.1) is 0 Å². The lowest BCUT2D eigenvalue weighted by Crippen LogP contribution is -2.43. The molecule has 1 aliphatic rings. The first-order valence-corrected chi connectivity index (χ1v) is 16.1. The van der Waals surface area contributed by atoms with E-state index >= 15 is 0 Å². The summed E-state index contributed by atoms with van der Waals surface area (Å²) in [6.07, 6.45) is 2.35. The second-order valence-corrected chi connectivity index (χ2v) is 12.7. The average molecular weight is 596 g/mol. The Bertz CT molecular complexity index is 1590. The van der Waals surface area contributed by atoms with Crippen molar-refractivity contribution in [2.45, 2.75) is 49.7 Å². The van der Waals surface area contributed by atoms with Gasteiger partial charge in [0, 0.05) is 32.6 Å². The highest BCUT2D eigenvalue weighted by atomic mass is 32.2. The van der Waals surface area contributed by atoms with Gasteiger partial charge in [0.25, 0.3) is 0 Å². The Morgan fingerprint density at radius 3 is 1.88 bits per heavy atom. The highest BCUT2D eigenvalue weighted by Crippen LogP contribution is 2.26. The number of benzene rings is 4. The fourth-order valence-electron chi connectivity index (χ4n) is 5.39. The molecule has 0 aliphatic carbocycles. The monoisotopic (exact) mass is 595 g/mol. The van der Waals surface area contributed by atoms with Crippen LogP contribution in [0.1, 0.15) is 47.6 Å². The van der Waals surface area contributed by atoms with Gasteiger partial charge >= 0.3 is 0 Å². The van der Waals surface area contributed by atoms with E-state index in [0.29, 0.717) is 26.1 Å². The number of hydrogen-bond acceptors (Lipinski definition) is 4. The third-order valence-corrected chi connectivity index (χ3v) is 9.67. The quantitative estimate of drug-likeness (QED) is 0.235. The van der Waals surface area contributed by atoms with Crippen molar-refractivity contribution in [3.8, 4) is 0 Å². The van der Waals surface area contributed by atoms with E-state index in [1.54, 1.807) is 29.2 Å². The zero-order valence-corrected chi connectivity index (χ0v) is 25.0. The predicted octanol–water partition coefficient (Wildman–Crippen LogP) is 5.49. The molecule has 4 aromatic carbocycles. The van der Waals surface area contributed by atoms with Crippen molar-refractivity contribution in [1.29, 1.82) is 0 Å². The summed E-state index contributed by atoms with van der Waals surface area (Å²) >= 11 is 0. The van der Waals surface area contributed by atoms with Gasteiger partial charge in [-0.25, -0.2) is 8.42 Å². The van der Waals surface area contributed by atoms with Gasteiger partial charge in [0.2, 0.25) is 21.8 Å². The van der Waals surface area contributed by atoms with Gasteiger partial charge in [-0.1, -0.05) is 103 Å². The SMILES string of the molecule is O=C(NCc1ccccc1)[C@@H](c1ccccc1)N(Cc1ccccc1)C(=O)CCc1ccc(S(=O)(=O)N2CCCC2)cc1. The third-order valence-electron chi connectivity index (χ3n) is 7.75. The third kappa shape index (κ3) is 7.77. The van der Waals surface area contributed by atoms with Crippen LogP contribution in [-0.4, -0.2) is 42.5 Å². The molecule has 0 aromatic heterocycles. The first-order chi connectivity index (χ1) is 20.9. The lowest BCUT2D eigenvalue weighted by atomic mass is 10.0. The number of carbonyl (C=O) groups excluding carboxylic acids is 2. The van der Waals surface area contributed by atoms with Crippen LogP contribution in [-0.2, 0) is 39.1 Å². The largest absolute Gasteiger partial charge is 0.350 e. The molecule has 8 heteroatoms. The molecule has 1 N–H and O–H groups in total. The molecule has 5 rings (SSSR count). The Labute approximate surface area is 254 Å². The Morgan fingerprint density at radius 1 is 0.721 bits per heavy atom. The maximum Gasteiger partial charge on any atom is 0.247 e. The summed E-state index contributed by atoms with van der Waals surface area (Å²) in [5, 5.41) is 3.04. The summed E-state index contributed by atoms with van der Waals surface area (Å²) in [4.78, 5) is 29.7. The summed E-state index contributed by atoms with van der Waals surface area (Å²) < 4.78 is 27.4. The molecular formula is C35H37N3O4S. The van der Waals surface area contributed by atoms with Crippen molar-refractivity contribution < 1.29 is 18.0 Å². The van der Waals surface area contributed by atoms with Crippen molar-refractivity contribution in [1.82, 2.24) is 14.5 Å². The van der Waals surface area contributed by atoms with E-state index in [1.807, 2.05) is 91.0 Å². The second kappa shape index (κ2) is 14.3. The van der Waals surface area contributed by atoms with Crippen LogP contribution < -0.4 is 5.32 Å². The van der Waals surface area contributed by atoms with Crippen molar-refractivity contribution >= 4 is 21.8 Å². The van der Waals surface area contributed by atoms with Crippen LogP contribution in [0.25, 0.3) is 0 Å². The molecule has 7 nitrogen and oxygen atoms in total. The number of amides is 2. The van der Waals surface area contributed by atoms with Gasteiger partial charge in [-0.05, 0) is 53.6 Å².